The normalized spacial score (nSPS) is 27.8. The van der Waals surface area contributed by atoms with Crippen molar-refractivity contribution in [1.82, 2.24) is 10.6 Å². The molecule has 98 valence electrons. The largest absolute Gasteiger partial charge is 0.481 e. The molecule has 1 aliphatic carbocycles. The first kappa shape index (κ1) is 13.8. The molecule has 1 saturated carbocycles. The van der Waals surface area contributed by atoms with Crippen LogP contribution in [0.1, 0.15) is 32.6 Å². The molecule has 2 amide bonds. The molecular weight excluding hydrogens is 224 g/mol. The van der Waals surface area contributed by atoms with Gasteiger partial charge in [-0.25, -0.2) is 4.79 Å². The van der Waals surface area contributed by atoms with Gasteiger partial charge in [0.2, 0.25) is 0 Å². The maximum atomic E-state index is 11.3. The number of aliphatic hydroxyl groups is 1. The van der Waals surface area contributed by atoms with E-state index in [9.17, 15) is 14.7 Å². The van der Waals surface area contributed by atoms with Gasteiger partial charge >= 0.3 is 12.0 Å². The van der Waals surface area contributed by atoms with E-state index in [0.717, 1.165) is 12.8 Å². The van der Waals surface area contributed by atoms with Crippen molar-refractivity contribution in [3.8, 4) is 0 Å². The van der Waals surface area contributed by atoms with Crippen molar-refractivity contribution in [2.45, 2.75) is 38.2 Å². The van der Waals surface area contributed by atoms with Gasteiger partial charge in [0.1, 0.15) is 0 Å². The van der Waals surface area contributed by atoms with Crippen LogP contribution in [0.5, 0.6) is 0 Å². The summed E-state index contributed by atoms with van der Waals surface area (Å²) in [6, 6.07) is -0.432. The Labute approximate surface area is 100 Å². The lowest BCUT2D eigenvalue weighted by Gasteiger charge is -2.27. The molecule has 1 fully saturated rings. The zero-order valence-corrected chi connectivity index (χ0v) is 10.0. The Bertz CT molecular complexity index is 295. The Morgan fingerprint density at radius 3 is 2.65 bits per heavy atom. The van der Waals surface area contributed by atoms with Gasteiger partial charge in [-0.15, -0.1) is 0 Å². The lowest BCUT2D eigenvalue weighted by Crippen LogP contribution is -2.48. The van der Waals surface area contributed by atoms with Gasteiger partial charge < -0.3 is 20.8 Å². The minimum Gasteiger partial charge on any atom is -0.481 e. The summed E-state index contributed by atoms with van der Waals surface area (Å²) in [6.45, 7) is 2.28. The summed E-state index contributed by atoms with van der Waals surface area (Å²) < 4.78 is 0. The lowest BCUT2D eigenvalue weighted by molar-refractivity contribution is -0.136. The Kier molecular flexibility index (Phi) is 4.74. The molecule has 0 aromatic carbocycles. The number of aliphatic carboxylic acids is 1. The van der Waals surface area contributed by atoms with Gasteiger partial charge in [0.25, 0.3) is 0 Å². The van der Waals surface area contributed by atoms with Gasteiger partial charge in [0.15, 0.2) is 0 Å². The average Bonchev–Trinajstić information content (AvgIpc) is 2.57. The molecule has 0 aromatic rings. The number of amides is 2. The summed E-state index contributed by atoms with van der Waals surface area (Å²) in [7, 11) is 0. The number of carbonyl (C=O) groups excluding carboxylic acids is 1. The molecule has 2 unspecified atom stereocenters. The second-order valence-corrected chi connectivity index (χ2v) is 4.65. The zero-order valence-electron chi connectivity index (χ0n) is 10.0. The van der Waals surface area contributed by atoms with Gasteiger partial charge in [-0.2, -0.15) is 0 Å². The molecule has 1 rings (SSSR count). The second-order valence-electron chi connectivity index (χ2n) is 4.65. The maximum absolute atomic E-state index is 11.3. The Hall–Kier alpha value is -1.30. The van der Waals surface area contributed by atoms with Crippen molar-refractivity contribution >= 4 is 12.0 Å². The van der Waals surface area contributed by atoms with Gasteiger partial charge in [0, 0.05) is 13.1 Å². The number of hydrogen-bond donors (Lipinski definition) is 4. The molecule has 6 nitrogen and oxygen atoms in total. The number of urea groups is 1. The number of nitrogens with one attached hydrogen (secondary N) is 2. The molecule has 0 spiro atoms. The predicted octanol–water partition coefficient (Wildman–Crippen LogP) is 0.311. The summed E-state index contributed by atoms with van der Waals surface area (Å²) >= 11 is 0. The Morgan fingerprint density at radius 1 is 1.41 bits per heavy atom. The van der Waals surface area contributed by atoms with E-state index >= 15 is 0 Å². The zero-order chi connectivity index (χ0) is 12.9. The van der Waals surface area contributed by atoms with E-state index in [4.69, 9.17) is 5.11 Å². The molecule has 0 aromatic heterocycles. The third kappa shape index (κ3) is 4.22. The van der Waals surface area contributed by atoms with Crippen LogP contribution < -0.4 is 10.6 Å². The summed E-state index contributed by atoms with van der Waals surface area (Å²) in [5, 5.41) is 23.6. The minimum absolute atomic E-state index is 0.0924. The van der Waals surface area contributed by atoms with E-state index in [1.54, 1.807) is 0 Å². The van der Waals surface area contributed by atoms with Gasteiger partial charge in [-0.05, 0) is 18.8 Å². The summed E-state index contributed by atoms with van der Waals surface area (Å²) in [4.78, 5) is 21.5. The van der Waals surface area contributed by atoms with E-state index in [1.165, 1.54) is 0 Å². The molecule has 0 radical (unpaired) electrons. The fourth-order valence-corrected chi connectivity index (χ4v) is 2.07. The van der Waals surface area contributed by atoms with E-state index in [-0.39, 0.29) is 25.4 Å². The second kappa shape index (κ2) is 5.86. The minimum atomic E-state index is -0.951. The summed E-state index contributed by atoms with van der Waals surface area (Å²) in [6.07, 6.45) is 2.54. The topological polar surface area (TPSA) is 98.7 Å². The monoisotopic (exact) mass is 244 g/mol. The Balaban J connectivity index is 2.21. The molecule has 0 bridgehead atoms. The molecular formula is C11H20N2O4. The molecule has 1 aliphatic rings. The number of rotatable bonds is 5. The van der Waals surface area contributed by atoms with E-state index in [2.05, 4.69) is 10.6 Å². The molecule has 0 heterocycles. The first-order valence-electron chi connectivity index (χ1n) is 5.90. The molecule has 0 saturated heterocycles. The lowest BCUT2D eigenvalue weighted by atomic mass is 9.92. The Morgan fingerprint density at radius 2 is 2.12 bits per heavy atom. The highest BCUT2D eigenvalue weighted by Gasteiger charge is 2.38. The standard InChI is InChI=1S/C11H20N2O4/c1-8-3-2-5-11(8,17)7-13-10(16)12-6-4-9(14)15/h8,17H,2-7H2,1H3,(H,14,15)(H2,12,13,16). The van der Waals surface area contributed by atoms with Crippen LogP contribution in [0.2, 0.25) is 0 Å². The quantitative estimate of drug-likeness (QED) is 0.559. The highest BCUT2D eigenvalue weighted by Crippen LogP contribution is 2.34. The molecule has 4 N–H and O–H groups in total. The summed E-state index contributed by atoms with van der Waals surface area (Å²) in [5.41, 5.74) is -0.815. The molecule has 2 atom stereocenters. The first-order valence-corrected chi connectivity index (χ1v) is 5.90. The third-order valence-corrected chi connectivity index (χ3v) is 3.34. The molecule has 6 heteroatoms. The number of carbonyl (C=O) groups is 2. The molecule has 17 heavy (non-hydrogen) atoms. The van der Waals surface area contributed by atoms with Crippen molar-refractivity contribution in [2.24, 2.45) is 5.92 Å². The van der Waals surface area contributed by atoms with Crippen molar-refractivity contribution in [2.75, 3.05) is 13.1 Å². The van der Waals surface area contributed by atoms with Crippen LogP contribution in [0.15, 0.2) is 0 Å². The van der Waals surface area contributed by atoms with E-state index in [0.29, 0.717) is 6.42 Å². The fourth-order valence-electron chi connectivity index (χ4n) is 2.07. The van der Waals surface area contributed by atoms with Crippen LogP contribution >= 0.6 is 0 Å². The smallest absolute Gasteiger partial charge is 0.314 e. The van der Waals surface area contributed by atoms with Crippen molar-refractivity contribution in [3.05, 3.63) is 0 Å². The molecule has 0 aliphatic heterocycles. The fraction of sp³-hybridized carbons (Fsp3) is 0.818. The van der Waals surface area contributed by atoms with Crippen LogP contribution in [0.25, 0.3) is 0 Å². The van der Waals surface area contributed by atoms with Crippen LogP contribution in [0.3, 0.4) is 0 Å². The van der Waals surface area contributed by atoms with Crippen molar-refractivity contribution < 1.29 is 19.8 Å². The van der Waals surface area contributed by atoms with Crippen LogP contribution in [-0.4, -0.2) is 40.9 Å². The number of carboxylic acids is 1. The van der Waals surface area contributed by atoms with Crippen LogP contribution in [-0.2, 0) is 4.79 Å². The van der Waals surface area contributed by atoms with Crippen LogP contribution in [0, 0.1) is 5.92 Å². The van der Waals surface area contributed by atoms with E-state index < -0.39 is 17.6 Å². The van der Waals surface area contributed by atoms with Gasteiger partial charge in [-0.1, -0.05) is 13.3 Å². The average molecular weight is 244 g/mol. The summed E-state index contributed by atoms with van der Waals surface area (Å²) in [5.74, 6) is -0.768. The van der Waals surface area contributed by atoms with Crippen molar-refractivity contribution in [3.63, 3.8) is 0 Å². The predicted molar refractivity (Wildman–Crippen MR) is 61.6 cm³/mol. The first-order chi connectivity index (χ1) is 7.94. The number of carboxylic acid groups (broad SMARTS) is 1. The van der Waals surface area contributed by atoms with Crippen molar-refractivity contribution in [1.29, 1.82) is 0 Å². The van der Waals surface area contributed by atoms with Gasteiger partial charge in [-0.3, -0.25) is 4.79 Å². The van der Waals surface area contributed by atoms with E-state index in [1.807, 2.05) is 6.92 Å². The van der Waals surface area contributed by atoms with Crippen LogP contribution in [0.4, 0.5) is 4.79 Å². The third-order valence-electron chi connectivity index (χ3n) is 3.34. The number of hydrogen-bond acceptors (Lipinski definition) is 3. The SMILES string of the molecule is CC1CCCC1(O)CNC(=O)NCCC(=O)O. The highest BCUT2D eigenvalue weighted by molar-refractivity contribution is 5.75. The highest BCUT2D eigenvalue weighted by atomic mass is 16.4. The maximum Gasteiger partial charge on any atom is 0.314 e. The van der Waals surface area contributed by atoms with Gasteiger partial charge in [0.05, 0.1) is 12.0 Å².